The van der Waals surface area contributed by atoms with Gasteiger partial charge in [0.1, 0.15) is 13.2 Å². The van der Waals surface area contributed by atoms with E-state index < -0.39 is 47.4 Å². The molecule has 10 N–H and O–H groups in total. The Morgan fingerprint density at radius 1 is 0.657 bits per heavy atom. The van der Waals surface area contributed by atoms with E-state index in [1.54, 1.807) is 67.4 Å². The normalized spacial score (nSPS) is 29.3. The van der Waals surface area contributed by atoms with Gasteiger partial charge in [-0.05, 0) is 33.6 Å². The van der Waals surface area contributed by atoms with Crippen LogP contribution in [0, 0.1) is 11.8 Å². The quantitative estimate of drug-likeness (QED) is 0.0391. The van der Waals surface area contributed by atoms with Crippen LogP contribution in [0.25, 0.3) is 0 Å². The van der Waals surface area contributed by atoms with Crippen LogP contribution in [0.2, 0.25) is 0 Å². The topological polar surface area (TPSA) is 342 Å². The van der Waals surface area contributed by atoms with Gasteiger partial charge in [0, 0.05) is 102 Å². The highest BCUT2D eigenvalue weighted by Gasteiger charge is 2.74. The highest BCUT2D eigenvalue weighted by molar-refractivity contribution is 8.77. The van der Waals surface area contributed by atoms with Gasteiger partial charge in [0.25, 0.3) is 0 Å². The van der Waals surface area contributed by atoms with Crippen molar-refractivity contribution in [3.63, 3.8) is 0 Å². The smallest absolute Gasteiger partial charge is 0.404 e. The minimum atomic E-state index is -0.970. The Morgan fingerprint density at radius 3 is 1.51 bits per heavy atom. The Morgan fingerprint density at radius 2 is 1.07 bits per heavy atom. The number of ketones is 4. The second-order valence-corrected chi connectivity index (χ2v) is 22.1. The second kappa shape index (κ2) is 21.7. The van der Waals surface area contributed by atoms with Crippen LogP contribution in [-0.2, 0) is 47.7 Å². The molecule has 21 nitrogen and oxygen atoms in total. The zero-order valence-corrected chi connectivity index (χ0v) is 41.0. The summed E-state index contributed by atoms with van der Waals surface area (Å²) < 4.78 is 21.9. The van der Waals surface area contributed by atoms with Crippen LogP contribution in [0.5, 0.6) is 0 Å². The van der Waals surface area contributed by atoms with E-state index in [2.05, 4.69) is 10.6 Å². The lowest BCUT2D eigenvalue weighted by molar-refractivity contribution is -0.137. The number of nitrogens with two attached hydrogens (primary N) is 3. The van der Waals surface area contributed by atoms with Gasteiger partial charge in [-0.15, -0.1) is 0 Å². The number of Topliss-reactive ketones (excluding diaryl/α,β-unsaturated/α-hetero) is 4. The number of piperazine rings is 2. The van der Waals surface area contributed by atoms with E-state index in [9.17, 15) is 38.4 Å². The van der Waals surface area contributed by atoms with Gasteiger partial charge >= 0.3 is 24.1 Å². The van der Waals surface area contributed by atoms with Crippen LogP contribution in [-0.4, -0.2) is 173 Å². The fraction of sp³-hybridized carbons (Fsp3) is 0.619. The Labute approximate surface area is 402 Å². The Bertz CT molecular complexity index is 2220. The lowest BCUT2D eigenvalue weighted by atomic mass is 9.79. The number of methoxy groups -OCH3 is 2. The van der Waals surface area contributed by atoms with E-state index >= 15 is 0 Å². The molecule has 368 valence electrons. The van der Waals surface area contributed by atoms with Gasteiger partial charge in [-0.25, -0.2) is 9.59 Å². The average Bonchev–Trinajstić information content (AvgIpc) is 4.12. The number of hydrogen-bond acceptors (Lipinski definition) is 21. The fourth-order valence-electron chi connectivity index (χ4n) is 9.91. The molecule has 0 bridgehead atoms. The molecule has 0 saturated carbocycles. The van der Waals surface area contributed by atoms with Crippen molar-refractivity contribution >= 4 is 90.4 Å². The number of carbonyl (C=O) groups excluding carboxylic acids is 6. The number of carbonyl (C=O) groups is 8. The second-order valence-electron chi connectivity index (χ2n) is 16.7. The highest BCUT2D eigenvalue weighted by Crippen LogP contribution is 2.57. The van der Waals surface area contributed by atoms with Crippen molar-refractivity contribution in [3.8, 4) is 0 Å². The van der Waals surface area contributed by atoms with Gasteiger partial charge in [-0.1, -0.05) is 43.2 Å². The number of amides is 2. The Balaban J connectivity index is 0.000000190. The van der Waals surface area contributed by atoms with E-state index in [4.69, 9.17) is 46.4 Å². The van der Waals surface area contributed by atoms with Crippen molar-refractivity contribution in [2.75, 3.05) is 70.1 Å². The zero-order chi connectivity index (χ0) is 49.1. The number of nitrogens with zero attached hydrogens (tertiary/aromatic N) is 2. The third-order valence-electron chi connectivity index (χ3n) is 13.1. The van der Waals surface area contributed by atoms with Crippen LogP contribution in [0.1, 0.15) is 46.5 Å². The van der Waals surface area contributed by atoms with Crippen molar-refractivity contribution in [1.82, 2.24) is 20.4 Å². The number of hydrogen-bond donors (Lipinski definition) is 7. The predicted molar refractivity (Wildman–Crippen MR) is 250 cm³/mol. The van der Waals surface area contributed by atoms with Crippen LogP contribution >= 0.6 is 43.2 Å². The number of allylic oxidation sites excluding steroid dienone is 4. The molecule has 2 aliphatic carbocycles. The largest absolute Gasteiger partial charge is 0.481 e. The molecule has 0 aromatic rings. The number of carboxylic acid groups (broad SMARTS) is 2. The molecule has 0 unspecified atom stereocenters. The fourth-order valence-corrected chi connectivity index (χ4v) is 13.8. The van der Waals surface area contributed by atoms with E-state index in [0.29, 0.717) is 88.8 Å². The molecular weight excluding hydrogens is 955 g/mol. The number of fused-ring (bicyclic) bond motifs is 8. The molecule has 8 rings (SSSR count). The van der Waals surface area contributed by atoms with E-state index in [1.165, 1.54) is 10.8 Å². The summed E-state index contributed by atoms with van der Waals surface area (Å²) in [6.45, 7) is 6.52. The molecule has 0 spiro atoms. The maximum Gasteiger partial charge on any atom is 0.404 e. The summed E-state index contributed by atoms with van der Waals surface area (Å²) >= 11 is 0. The number of primary amides is 2. The number of rotatable bonds is 20. The van der Waals surface area contributed by atoms with E-state index in [-0.39, 0.29) is 73.4 Å². The third-order valence-corrected chi connectivity index (χ3v) is 18.0. The van der Waals surface area contributed by atoms with Crippen molar-refractivity contribution in [2.45, 2.75) is 82.1 Å². The van der Waals surface area contributed by atoms with Crippen molar-refractivity contribution in [1.29, 1.82) is 0 Å². The van der Waals surface area contributed by atoms with Gasteiger partial charge < -0.3 is 66.8 Å². The molecule has 2 amide bonds. The lowest BCUT2D eigenvalue weighted by Crippen LogP contribution is -2.55. The Kier molecular flexibility index (Phi) is 16.9. The maximum atomic E-state index is 13.6. The molecule has 0 aromatic carbocycles. The minimum Gasteiger partial charge on any atom is -0.481 e. The summed E-state index contributed by atoms with van der Waals surface area (Å²) in [7, 11) is 9.31. The molecule has 0 radical (unpaired) electrons. The molecule has 8 atom stereocenters. The summed E-state index contributed by atoms with van der Waals surface area (Å²) in [4.78, 5) is 99.6. The average molecular weight is 1010 g/mol. The number of carboxylic acids is 2. The summed E-state index contributed by atoms with van der Waals surface area (Å²) in [5.74, 6) is -0.691. The van der Waals surface area contributed by atoms with Crippen LogP contribution in [0.3, 0.4) is 0 Å². The molecule has 6 aliphatic heterocycles. The molecule has 6 heterocycles. The van der Waals surface area contributed by atoms with Crippen LogP contribution in [0.15, 0.2) is 44.8 Å². The van der Waals surface area contributed by atoms with Gasteiger partial charge in [0.05, 0.1) is 48.2 Å². The first-order valence-electron chi connectivity index (χ1n) is 21.5. The summed E-state index contributed by atoms with van der Waals surface area (Å²) in [6.07, 6.45) is -0.408. The minimum absolute atomic E-state index is 0.0178. The number of ether oxygens (including phenoxy) is 4. The molecule has 0 aromatic heterocycles. The third kappa shape index (κ3) is 10.0. The Hall–Kier alpha value is -4.08. The number of nitrogens with one attached hydrogen (secondary N) is 2. The molecular formula is C42H57N7O14S4. The van der Waals surface area contributed by atoms with Gasteiger partial charge in [-0.3, -0.25) is 28.8 Å². The molecule has 67 heavy (non-hydrogen) atoms. The lowest BCUT2D eigenvalue weighted by Gasteiger charge is -2.39. The van der Waals surface area contributed by atoms with E-state index in [0.717, 1.165) is 11.5 Å². The zero-order valence-electron chi connectivity index (χ0n) is 37.7. The summed E-state index contributed by atoms with van der Waals surface area (Å²) in [5.41, 5.74) is 16.9. The molecule has 8 aliphatic rings. The molecule has 4 saturated heterocycles. The highest BCUT2D eigenvalue weighted by atomic mass is 33.1. The van der Waals surface area contributed by atoms with Crippen LogP contribution in [0.4, 0.5) is 9.59 Å². The summed E-state index contributed by atoms with van der Waals surface area (Å²) in [6, 6.07) is 0.263. The molecule has 4 fully saturated rings. The summed E-state index contributed by atoms with van der Waals surface area (Å²) in [5, 5.41) is 23.6. The number of aliphatic carboxylic acids is 2. The maximum absolute atomic E-state index is 13.6. The van der Waals surface area contributed by atoms with Crippen LogP contribution < -0.4 is 27.8 Å². The van der Waals surface area contributed by atoms with Crippen molar-refractivity contribution in [2.24, 2.45) is 29.0 Å². The first-order valence-corrected chi connectivity index (χ1v) is 26.5. The van der Waals surface area contributed by atoms with Crippen molar-refractivity contribution < 1.29 is 67.5 Å². The SMILES string of the molecule is CO[C@@]12[C@H](COC(N)=O)C3=C(C(=O)C(C)=C(C)C3=O)N1C[C@@H]1N[C@@H]12.CO[C@@]12[C@H](COC(N)=O)C3=C(C(=O)C(C)=C(CCCSSCCC(=O)O)C3=O)N1C[C@@H]1N[C@@H]12.NCCSSCCC(=O)O. The monoisotopic (exact) mass is 1010 g/mol. The van der Waals surface area contributed by atoms with Gasteiger partial charge in [0.15, 0.2) is 23.0 Å². The first-order chi connectivity index (χ1) is 31.8. The predicted octanol–water partition coefficient (Wildman–Crippen LogP) is 1.32. The van der Waals surface area contributed by atoms with Gasteiger partial charge in [-0.2, -0.15) is 0 Å². The van der Waals surface area contributed by atoms with E-state index in [1.807, 2.05) is 9.80 Å². The first kappa shape index (κ1) is 52.3. The standard InChI is InChI=1S/C21H27N3O7S2.C16H19N3O5.C5H11NO2S2/c1-10-11(4-3-6-32-33-7-5-14(25)26)18(28)15-12(9-31-20(22)29)21(30-2)19-13(23-19)8-24(21)16(15)17(10)27;1-6-7(2)13(21)11-10(12(6)20)8(5-24-15(17)22)16(23-3)14-9(18-14)4-19(11)16;6-2-4-10-9-3-1-5(7)8/h12-13,19,23H,3-9H2,1-2H3,(H2,22,29)(H,25,26);8-9,14,18H,4-5H2,1-3H3,(H2,17,22);1-4,6H2,(H,7,8)/t12-,13+,19+,21-;8-,9+,14+,16-;/m11./s1. The van der Waals surface area contributed by atoms with Crippen molar-refractivity contribution in [3.05, 3.63) is 44.8 Å². The molecule has 25 heteroatoms. The van der Waals surface area contributed by atoms with Gasteiger partial charge in [0.2, 0.25) is 11.6 Å².